The van der Waals surface area contributed by atoms with E-state index in [9.17, 15) is 4.79 Å². The summed E-state index contributed by atoms with van der Waals surface area (Å²) in [5, 5.41) is 6.26. The van der Waals surface area contributed by atoms with Crippen LogP contribution in [0.2, 0.25) is 0 Å². The lowest BCUT2D eigenvalue weighted by atomic mass is 9.89. The zero-order valence-electron chi connectivity index (χ0n) is 12.2. The normalized spacial score (nSPS) is 27.8. The van der Waals surface area contributed by atoms with Crippen LogP contribution in [0.1, 0.15) is 31.2 Å². The Morgan fingerprint density at radius 1 is 1.20 bits per heavy atom. The van der Waals surface area contributed by atoms with E-state index in [2.05, 4.69) is 10.6 Å². The fourth-order valence-corrected chi connectivity index (χ4v) is 3.84. The quantitative estimate of drug-likeness (QED) is 0.865. The molecule has 3 rings (SSSR count). The summed E-state index contributed by atoms with van der Waals surface area (Å²) in [5.41, 5.74) is 2.08. The van der Waals surface area contributed by atoms with Crippen molar-refractivity contribution >= 4 is 11.6 Å². The molecule has 3 nitrogen and oxygen atoms in total. The van der Waals surface area contributed by atoms with Crippen molar-refractivity contribution in [1.29, 1.82) is 0 Å². The highest BCUT2D eigenvalue weighted by Gasteiger charge is 2.38. The molecule has 2 N–H and O–H groups in total. The third-order valence-electron chi connectivity index (χ3n) is 4.91. The number of aryl methyl sites for hydroxylation is 1. The maximum absolute atomic E-state index is 11.9. The van der Waals surface area contributed by atoms with Gasteiger partial charge in [0.15, 0.2) is 0 Å². The van der Waals surface area contributed by atoms with Crippen molar-refractivity contribution in [3.8, 4) is 0 Å². The van der Waals surface area contributed by atoms with Gasteiger partial charge >= 0.3 is 0 Å². The van der Waals surface area contributed by atoms with Gasteiger partial charge in [0.1, 0.15) is 0 Å². The average molecular weight is 272 g/mol. The van der Waals surface area contributed by atoms with E-state index in [1.54, 1.807) is 0 Å². The molecule has 3 unspecified atom stereocenters. The first kappa shape index (κ1) is 13.6. The van der Waals surface area contributed by atoms with Gasteiger partial charge in [0.25, 0.3) is 0 Å². The first-order chi connectivity index (χ1) is 9.70. The van der Waals surface area contributed by atoms with Crippen LogP contribution in [0, 0.1) is 24.7 Å². The van der Waals surface area contributed by atoms with Crippen LogP contribution in [-0.2, 0) is 4.79 Å². The Morgan fingerprint density at radius 2 is 2.00 bits per heavy atom. The van der Waals surface area contributed by atoms with E-state index in [1.807, 2.05) is 31.2 Å². The molecule has 3 atom stereocenters. The number of hydrogen-bond acceptors (Lipinski definition) is 2. The molecule has 2 bridgehead atoms. The van der Waals surface area contributed by atoms with Gasteiger partial charge in [-0.3, -0.25) is 4.79 Å². The average Bonchev–Trinajstić information content (AvgIpc) is 3.04. The van der Waals surface area contributed by atoms with Crippen LogP contribution in [0.15, 0.2) is 24.3 Å². The number of benzene rings is 1. The summed E-state index contributed by atoms with van der Waals surface area (Å²) >= 11 is 0. The van der Waals surface area contributed by atoms with Gasteiger partial charge in [0.05, 0.1) is 6.54 Å². The highest BCUT2D eigenvalue weighted by molar-refractivity contribution is 5.92. The molecule has 0 radical (unpaired) electrons. The highest BCUT2D eigenvalue weighted by atomic mass is 16.1. The van der Waals surface area contributed by atoms with E-state index >= 15 is 0 Å². The Balaban J connectivity index is 1.38. The van der Waals surface area contributed by atoms with E-state index in [0.29, 0.717) is 6.54 Å². The van der Waals surface area contributed by atoms with Gasteiger partial charge in [-0.25, -0.2) is 0 Å². The first-order valence-corrected chi connectivity index (χ1v) is 7.78. The zero-order chi connectivity index (χ0) is 13.9. The van der Waals surface area contributed by atoms with Crippen molar-refractivity contribution < 1.29 is 4.79 Å². The smallest absolute Gasteiger partial charge is 0.238 e. The lowest BCUT2D eigenvalue weighted by Gasteiger charge is -2.21. The van der Waals surface area contributed by atoms with Crippen LogP contribution in [0.25, 0.3) is 0 Å². The van der Waals surface area contributed by atoms with Gasteiger partial charge in [-0.1, -0.05) is 24.1 Å². The standard InChI is InChI=1S/C17H24N2O/c1-12-2-6-16(7-3-12)19-17(20)11-18-10-15-9-13-4-5-14(15)8-13/h2-3,6-7,13-15,18H,4-5,8-11H2,1H3,(H,19,20). The summed E-state index contributed by atoms with van der Waals surface area (Å²) < 4.78 is 0. The van der Waals surface area contributed by atoms with Crippen LogP contribution in [0.4, 0.5) is 5.69 Å². The second-order valence-corrected chi connectivity index (χ2v) is 6.48. The third-order valence-corrected chi connectivity index (χ3v) is 4.91. The van der Waals surface area contributed by atoms with Gasteiger partial charge < -0.3 is 10.6 Å². The number of rotatable bonds is 5. The second-order valence-electron chi connectivity index (χ2n) is 6.48. The summed E-state index contributed by atoms with van der Waals surface area (Å²) in [6.07, 6.45) is 5.65. The van der Waals surface area contributed by atoms with Crippen molar-refractivity contribution in [2.75, 3.05) is 18.4 Å². The molecule has 2 aliphatic carbocycles. The predicted octanol–water partition coefficient (Wildman–Crippen LogP) is 2.96. The molecule has 0 heterocycles. The molecular formula is C17H24N2O. The molecule has 2 aliphatic rings. The minimum absolute atomic E-state index is 0.0528. The van der Waals surface area contributed by atoms with Crippen molar-refractivity contribution in [2.24, 2.45) is 17.8 Å². The van der Waals surface area contributed by atoms with E-state index < -0.39 is 0 Å². The fourth-order valence-electron chi connectivity index (χ4n) is 3.84. The summed E-state index contributed by atoms with van der Waals surface area (Å²) in [6.45, 7) is 3.47. The monoisotopic (exact) mass is 272 g/mol. The lowest BCUT2D eigenvalue weighted by Crippen LogP contribution is -2.33. The van der Waals surface area contributed by atoms with Crippen LogP contribution in [0.3, 0.4) is 0 Å². The van der Waals surface area contributed by atoms with Crippen LogP contribution >= 0.6 is 0 Å². The fraction of sp³-hybridized carbons (Fsp3) is 0.588. The van der Waals surface area contributed by atoms with Crippen LogP contribution < -0.4 is 10.6 Å². The summed E-state index contributed by atoms with van der Waals surface area (Å²) in [5.74, 6) is 2.76. The number of hydrogen-bond donors (Lipinski definition) is 2. The lowest BCUT2D eigenvalue weighted by molar-refractivity contribution is -0.115. The molecule has 0 aromatic heterocycles. The second kappa shape index (κ2) is 5.96. The molecule has 1 amide bonds. The van der Waals surface area contributed by atoms with Crippen molar-refractivity contribution in [3.63, 3.8) is 0 Å². The molecule has 0 saturated heterocycles. The van der Waals surface area contributed by atoms with E-state index in [0.717, 1.165) is 30.0 Å². The largest absolute Gasteiger partial charge is 0.325 e. The maximum Gasteiger partial charge on any atom is 0.238 e. The van der Waals surface area contributed by atoms with Gasteiger partial charge in [-0.15, -0.1) is 0 Å². The van der Waals surface area contributed by atoms with Gasteiger partial charge in [0.2, 0.25) is 5.91 Å². The molecule has 1 aromatic carbocycles. The minimum atomic E-state index is 0.0528. The van der Waals surface area contributed by atoms with Crippen molar-refractivity contribution in [2.45, 2.75) is 32.6 Å². The van der Waals surface area contributed by atoms with Crippen molar-refractivity contribution in [3.05, 3.63) is 29.8 Å². The van der Waals surface area contributed by atoms with E-state index in [4.69, 9.17) is 0 Å². The van der Waals surface area contributed by atoms with Crippen LogP contribution in [-0.4, -0.2) is 19.0 Å². The number of carbonyl (C=O) groups is 1. The molecule has 2 fully saturated rings. The number of anilines is 1. The Morgan fingerprint density at radius 3 is 2.65 bits per heavy atom. The molecule has 3 heteroatoms. The molecule has 1 aromatic rings. The Kier molecular flexibility index (Phi) is 4.06. The SMILES string of the molecule is Cc1ccc(NC(=O)CNCC2CC3CCC2C3)cc1. The molecule has 108 valence electrons. The minimum Gasteiger partial charge on any atom is -0.325 e. The molecule has 2 saturated carbocycles. The number of nitrogens with one attached hydrogen (secondary N) is 2. The summed E-state index contributed by atoms with van der Waals surface area (Å²) in [4.78, 5) is 11.9. The zero-order valence-corrected chi connectivity index (χ0v) is 12.2. The summed E-state index contributed by atoms with van der Waals surface area (Å²) in [7, 11) is 0. The Labute approximate surface area is 121 Å². The molecule has 0 aliphatic heterocycles. The van der Waals surface area contributed by atoms with Crippen LogP contribution in [0.5, 0.6) is 0 Å². The predicted molar refractivity (Wildman–Crippen MR) is 81.6 cm³/mol. The summed E-state index contributed by atoms with van der Waals surface area (Å²) in [6, 6.07) is 7.92. The number of carbonyl (C=O) groups excluding carboxylic acids is 1. The molecule has 20 heavy (non-hydrogen) atoms. The van der Waals surface area contributed by atoms with Gasteiger partial charge in [0, 0.05) is 5.69 Å². The topological polar surface area (TPSA) is 41.1 Å². The van der Waals surface area contributed by atoms with Gasteiger partial charge in [-0.2, -0.15) is 0 Å². The van der Waals surface area contributed by atoms with Crippen molar-refractivity contribution in [1.82, 2.24) is 5.32 Å². The van der Waals surface area contributed by atoms with E-state index in [1.165, 1.54) is 31.2 Å². The van der Waals surface area contributed by atoms with E-state index in [-0.39, 0.29) is 5.91 Å². The number of amides is 1. The van der Waals surface area contributed by atoms with Gasteiger partial charge in [-0.05, 0) is 62.6 Å². The first-order valence-electron chi connectivity index (χ1n) is 7.78. The highest BCUT2D eigenvalue weighted by Crippen LogP contribution is 2.47. The Hall–Kier alpha value is -1.35. The number of fused-ring (bicyclic) bond motifs is 2. The molecular weight excluding hydrogens is 248 g/mol. The Bertz CT molecular complexity index is 468. The maximum atomic E-state index is 11.9. The third kappa shape index (κ3) is 3.21. The molecule has 0 spiro atoms.